The molecule has 3 fully saturated rings. The monoisotopic (exact) mass is 283 g/mol. The highest BCUT2D eigenvalue weighted by Crippen LogP contribution is 2.55. The Morgan fingerprint density at radius 2 is 2.38 bits per heavy atom. The fraction of sp³-hybridized carbons (Fsp3) is 0.500. The molecule has 2 aliphatic heterocycles. The van der Waals surface area contributed by atoms with E-state index in [1.807, 2.05) is 12.1 Å². The van der Waals surface area contributed by atoms with Crippen LogP contribution in [0.25, 0.3) is 11.1 Å². The second-order valence-corrected chi connectivity index (χ2v) is 6.59. The Balaban J connectivity index is 1.42. The van der Waals surface area contributed by atoms with E-state index >= 15 is 0 Å². The smallest absolute Gasteiger partial charge is 0.253 e. The van der Waals surface area contributed by atoms with Crippen molar-refractivity contribution in [3.8, 4) is 0 Å². The van der Waals surface area contributed by atoms with Gasteiger partial charge in [0.2, 0.25) is 5.71 Å². The van der Waals surface area contributed by atoms with E-state index in [1.165, 1.54) is 25.8 Å². The van der Waals surface area contributed by atoms with E-state index < -0.39 is 0 Å². The molecule has 2 saturated heterocycles. The quantitative estimate of drug-likeness (QED) is 0.913. The van der Waals surface area contributed by atoms with Gasteiger partial charge in [-0.05, 0) is 43.9 Å². The van der Waals surface area contributed by atoms with Gasteiger partial charge in [-0.15, -0.1) is 0 Å². The molecule has 2 bridgehead atoms. The van der Waals surface area contributed by atoms with Crippen molar-refractivity contribution in [2.45, 2.75) is 30.8 Å². The summed E-state index contributed by atoms with van der Waals surface area (Å²) in [7, 11) is 0. The van der Waals surface area contributed by atoms with Crippen LogP contribution in [0.1, 0.15) is 29.6 Å². The predicted octanol–water partition coefficient (Wildman–Crippen LogP) is 1.79. The Bertz CT molecular complexity index is 734. The van der Waals surface area contributed by atoms with Gasteiger partial charge in [-0.3, -0.25) is 9.69 Å². The van der Waals surface area contributed by atoms with E-state index in [0.29, 0.717) is 23.2 Å². The summed E-state index contributed by atoms with van der Waals surface area (Å²) < 4.78 is 5.22. The van der Waals surface area contributed by atoms with Gasteiger partial charge in [0.15, 0.2) is 0 Å². The Morgan fingerprint density at radius 1 is 1.48 bits per heavy atom. The molecule has 1 N–H and O–H groups in total. The normalized spacial score (nSPS) is 31.9. The standard InChI is InChI=1S/C16H17N3O2/c20-14(12-7-10-2-6-21-15(10)17-8-12)18-13-11-1-5-19(9-11)16(13)3-4-16/h2,6-8,11,13H,1,3-5,9H2,(H,18,20)/t11?,13-/m1/s1. The van der Waals surface area contributed by atoms with Crippen LogP contribution in [0, 0.1) is 5.92 Å². The summed E-state index contributed by atoms with van der Waals surface area (Å²) >= 11 is 0. The predicted molar refractivity (Wildman–Crippen MR) is 76.9 cm³/mol. The van der Waals surface area contributed by atoms with E-state index in [4.69, 9.17) is 4.42 Å². The number of amides is 1. The average Bonchev–Trinajstić information content (AvgIpc) is 2.91. The molecule has 2 aromatic rings. The van der Waals surface area contributed by atoms with Crippen molar-refractivity contribution in [3.05, 3.63) is 30.2 Å². The number of furan rings is 1. The summed E-state index contributed by atoms with van der Waals surface area (Å²) in [5, 5.41) is 4.16. The number of fused-ring (bicyclic) bond motifs is 4. The molecule has 1 amide bonds. The Kier molecular flexibility index (Phi) is 2.16. The van der Waals surface area contributed by atoms with Crippen molar-refractivity contribution in [2.75, 3.05) is 13.1 Å². The Labute approximate surface area is 122 Å². The van der Waals surface area contributed by atoms with Gasteiger partial charge in [-0.2, -0.15) is 0 Å². The number of nitrogens with one attached hydrogen (secondary N) is 1. The minimum Gasteiger partial charge on any atom is -0.446 e. The Morgan fingerprint density at radius 3 is 3.24 bits per heavy atom. The van der Waals surface area contributed by atoms with Crippen LogP contribution in [0.3, 0.4) is 0 Å². The second-order valence-electron chi connectivity index (χ2n) is 6.59. The zero-order valence-corrected chi connectivity index (χ0v) is 11.7. The summed E-state index contributed by atoms with van der Waals surface area (Å²) in [4.78, 5) is 19.3. The van der Waals surface area contributed by atoms with Crippen molar-refractivity contribution in [3.63, 3.8) is 0 Å². The molecular weight excluding hydrogens is 266 g/mol. The van der Waals surface area contributed by atoms with E-state index in [1.54, 1.807) is 12.5 Å². The molecule has 2 aromatic heterocycles. The number of nitrogens with zero attached hydrogens (tertiary/aromatic N) is 2. The summed E-state index contributed by atoms with van der Waals surface area (Å²) in [6.07, 6.45) is 6.88. The van der Waals surface area contributed by atoms with Gasteiger partial charge < -0.3 is 9.73 Å². The van der Waals surface area contributed by atoms with E-state index in [0.717, 1.165) is 11.9 Å². The molecule has 1 aliphatic carbocycles. The van der Waals surface area contributed by atoms with Gasteiger partial charge in [0.25, 0.3) is 5.91 Å². The second kappa shape index (κ2) is 3.85. The third-order valence-corrected chi connectivity index (χ3v) is 5.52. The van der Waals surface area contributed by atoms with Crippen molar-refractivity contribution >= 4 is 17.0 Å². The van der Waals surface area contributed by atoms with Crippen molar-refractivity contribution in [1.82, 2.24) is 15.2 Å². The summed E-state index contributed by atoms with van der Waals surface area (Å²) in [5.41, 5.74) is 1.49. The molecule has 5 nitrogen and oxygen atoms in total. The molecular formula is C16H17N3O2. The maximum Gasteiger partial charge on any atom is 0.253 e. The number of hydrogen-bond acceptors (Lipinski definition) is 4. The third-order valence-electron chi connectivity index (χ3n) is 5.52. The van der Waals surface area contributed by atoms with Crippen LogP contribution in [0.4, 0.5) is 0 Å². The van der Waals surface area contributed by atoms with E-state index in [9.17, 15) is 4.79 Å². The molecule has 3 atom stereocenters. The van der Waals surface area contributed by atoms with Crippen LogP contribution in [-0.2, 0) is 0 Å². The first kappa shape index (κ1) is 11.7. The van der Waals surface area contributed by atoms with Gasteiger partial charge in [0.1, 0.15) is 0 Å². The average molecular weight is 283 g/mol. The lowest BCUT2D eigenvalue weighted by Crippen LogP contribution is -2.51. The minimum absolute atomic E-state index is 0.00405. The maximum absolute atomic E-state index is 12.6. The van der Waals surface area contributed by atoms with Crippen molar-refractivity contribution < 1.29 is 9.21 Å². The minimum atomic E-state index is -0.00405. The third kappa shape index (κ3) is 1.55. The maximum atomic E-state index is 12.6. The van der Waals surface area contributed by atoms with Crippen LogP contribution in [-0.4, -0.2) is 40.5 Å². The topological polar surface area (TPSA) is 58.4 Å². The molecule has 5 heteroatoms. The molecule has 3 aliphatic rings. The first-order valence-corrected chi connectivity index (χ1v) is 7.65. The zero-order valence-electron chi connectivity index (χ0n) is 11.7. The molecule has 5 rings (SSSR count). The van der Waals surface area contributed by atoms with E-state index in [-0.39, 0.29) is 11.4 Å². The fourth-order valence-electron chi connectivity index (χ4n) is 4.31. The molecule has 2 unspecified atom stereocenters. The van der Waals surface area contributed by atoms with Crippen LogP contribution < -0.4 is 5.32 Å². The molecule has 0 aromatic carbocycles. The number of aromatic nitrogens is 1. The van der Waals surface area contributed by atoms with Gasteiger partial charge in [-0.1, -0.05) is 0 Å². The van der Waals surface area contributed by atoms with Gasteiger partial charge in [-0.25, -0.2) is 4.98 Å². The van der Waals surface area contributed by atoms with Crippen molar-refractivity contribution in [1.29, 1.82) is 0 Å². The van der Waals surface area contributed by atoms with Crippen LogP contribution in [0.2, 0.25) is 0 Å². The summed E-state index contributed by atoms with van der Waals surface area (Å²) in [6.45, 7) is 2.36. The van der Waals surface area contributed by atoms with Crippen molar-refractivity contribution in [2.24, 2.45) is 5.92 Å². The lowest BCUT2D eigenvalue weighted by atomic mass is 9.91. The van der Waals surface area contributed by atoms with Crippen LogP contribution in [0.15, 0.2) is 29.0 Å². The molecule has 108 valence electrons. The highest BCUT2D eigenvalue weighted by molar-refractivity contribution is 5.97. The first-order valence-electron chi connectivity index (χ1n) is 7.65. The first-order chi connectivity index (χ1) is 10.3. The lowest BCUT2D eigenvalue weighted by Gasteiger charge is -2.33. The molecule has 0 radical (unpaired) electrons. The molecule has 4 heterocycles. The summed E-state index contributed by atoms with van der Waals surface area (Å²) in [6, 6.07) is 4.01. The number of rotatable bonds is 2. The molecule has 1 spiro atoms. The summed E-state index contributed by atoms with van der Waals surface area (Å²) in [5.74, 6) is 0.623. The largest absolute Gasteiger partial charge is 0.446 e. The lowest BCUT2D eigenvalue weighted by molar-refractivity contribution is 0.0892. The van der Waals surface area contributed by atoms with Crippen LogP contribution in [0.5, 0.6) is 0 Å². The van der Waals surface area contributed by atoms with Gasteiger partial charge >= 0.3 is 0 Å². The fourth-order valence-corrected chi connectivity index (χ4v) is 4.31. The number of piperidine rings is 1. The highest BCUT2D eigenvalue weighted by atomic mass is 16.3. The Hall–Kier alpha value is -1.88. The molecule has 21 heavy (non-hydrogen) atoms. The molecule has 1 saturated carbocycles. The van der Waals surface area contributed by atoms with Crippen LogP contribution >= 0.6 is 0 Å². The van der Waals surface area contributed by atoms with Gasteiger partial charge in [0.05, 0.1) is 17.9 Å². The number of carbonyl (C=O) groups is 1. The number of pyridine rings is 1. The number of carbonyl (C=O) groups excluding carboxylic acids is 1. The zero-order chi connectivity index (χ0) is 14.0. The number of hydrogen-bond donors (Lipinski definition) is 1. The van der Waals surface area contributed by atoms with Gasteiger partial charge in [0, 0.05) is 23.7 Å². The SMILES string of the molecule is O=C(N[C@@H]1C2CCN(C2)C12CC2)c1cnc2occc2c1. The van der Waals surface area contributed by atoms with E-state index in [2.05, 4.69) is 15.2 Å². The highest BCUT2D eigenvalue weighted by Gasteiger charge is 2.63.